The zero-order chi connectivity index (χ0) is 27.5. The Morgan fingerprint density at radius 1 is 1.08 bits per heavy atom. The fourth-order valence-corrected chi connectivity index (χ4v) is 5.09. The largest absolute Gasteiger partial charge is 0.480 e. The van der Waals surface area contributed by atoms with Crippen LogP contribution in [-0.2, 0) is 32.0 Å². The summed E-state index contributed by atoms with van der Waals surface area (Å²) in [6.07, 6.45) is 7.01. The number of nitrogens with zero attached hydrogens (tertiary/aromatic N) is 2. The minimum Gasteiger partial charge on any atom is -0.480 e. The van der Waals surface area contributed by atoms with Crippen molar-refractivity contribution in [2.75, 3.05) is 25.0 Å². The number of fused-ring (bicyclic) bond motifs is 1. The minimum atomic E-state index is -1.66. The van der Waals surface area contributed by atoms with E-state index in [0.29, 0.717) is 12.8 Å². The van der Waals surface area contributed by atoms with Gasteiger partial charge in [-0.25, -0.2) is 9.78 Å². The number of carbonyl (C=O) groups is 4. The van der Waals surface area contributed by atoms with Crippen LogP contribution in [0.5, 0.6) is 0 Å². The van der Waals surface area contributed by atoms with E-state index in [0.717, 1.165) is 63.0 Å². The SMILES string of the molecule is CCCCC(=O)CCC(=O)NC(C(=O)O)C1(O)CCN(C(=O)CCCCc2ccc3c(n2)NCCC3)CC1. The molecule has 38 heavy (non-hydrogen) atoms. The van der Waals surface area contributed by atoms with Crippen molar-refractivity contribution in [3.05, 3.63) is 23.4 Å². The third kappa shape index (κ3) is 8.51. The summed E-state index contributed by atoms with van der Waals surface area (Å²) in [5.74, 6) is -0.978. The summed E-state index contributed by atoms with van der Waals surface area (Å²) in [6, 6.07) is 2.70. The van der Waals surface area contributed by atoms with Gasteiger partial charge in [0, 0.05) is 51.0 Å². The van der Waals surface area contributed by atoms with Crippen molar-refractivity contribution in [1.29, 1.82) is 0 Å². The highest BCUT2D eigenvalue weighted by molar-refractivity contribution is 5.88. The van der Waals surface area contributed by atoms with Crippen LogP contribution in [0.1, 0.15) is 88.8 Å². The highest BCUT2D eigenvalue weighted by atomic mass is 16.4. The van der Waals surface area contributed by atoms with Gasteiger partial charge < -0.3 is 25.7 Å². The van der Waals surface area contributed by atoms with Crippen molar-refractivity contribution < 1.29 is 29.4 Å². The number of pyridine rings is 1. The van der Waals surface area contributed by atoms with Crippen LogP contribution in [0.3, 0.4) is 0 Å². The molecule has 2 aliphatic rings. The van der Waals surface area contributed by atoms with Crippen molar-refractivity contribution in [1.82, 2.24) is 15.2 Å². The van der Waals surface area contributed by atoms with Crippen molar-refractivity contribution in [3.63, 3.8) is 0 Å². The maximum absolute atomic E-state index is 12.7. The number of unbranched alkanes of at least 4 members (excludes halogenated alkanes) is 2. The zero-order valence-electron chi connectivity index (χ0n) is 22.5. The first kappa shape index (κ1) is 29.5. The van der Waals surface area contributed by atoms with Gasteiger partial charge in [0.25, 0.3) is 0 Å². The molecule has 0 spiro atoms. The number of nitrogens with one attached hydrogen (secondary N) is 2. The van der Waals surface area contributed by atoms with E-state index in [1.807, 2.05) is 6.92 Å². The van der Waals surface area contributed by atoms with E-state index in [4.69, 9.17) is 0 Å². The number of aliphatic hydroxyl groups is 1. The summed E-state index contributed by atoms with van der Waals surface area (Å²) in [5, 5.41) is 26.5. The van der Waals surface area contributed by atoms with Crippen molar-refractivity contribution >= 4 is 29.4 Å². The van der Waals surface area contributed by atoms with Crippen LogP contribution < -0.4 is 10.6 Å². The molecule has 1 atom stereocenters. The molecule has 1 aromatic rings. The molecular formula is C28H42N4O6. The van der Waals surface area contributed by atoms with Crippen LogP contribution in [0.15, 0.2) is 12.1 Å². The van der Waals surface area contributed by atoms with Gasteiger partial charge in [-0.3, -0.25) is 14.4 Å². The molecule has 1 fully saturated rings. The van der Waals surface area contributed by atoms with E-state index in [1.54, 1.807) is 4.90 Å². The van der Waals surface area contributed by atoms with Gasteiger partial charge in [0.1, 0.15) is 11.6 Å². The van der Waals surface area contributed by atoms with E-state index in [2.05, 4.69) is 27.8 Å². The number of hydrogen-bond acceptors (Lipinski definition) is 7. The maximum Gasteiger partial charge on any atom is 0.329 e. The molecule has 3 rings (SSSR count). The van der Waals surface area contributed by atoms with Crippen molar-refractivity contribution in [2.45, 2.75) is 102 Å². The lowest BCUT2D eigenvalue weighted by Gasteiger charge is -2.41. The van der Waals surface area contributed by atoms with Gasteiger partial charge in [0.2, 0.25) is 11.8 Å². The Balaban J connectivity index is 1.40. The monoisotopic (exact) mass is 530 g/mol. The molecule has 0 bridgehead atoms. The second-order valence-corrected chi connectivity index (χ2v) is 10.5. The fourth-order valence-electron chi connectivity index (χ4n) is 5.09. The molecule has 4 N–H and O–H groups in total. The highest BCUT2D eigenvalue weighted by Gasteiger charge is 2.45. The number of carboxylic acids is 1. The predicted octanol–water partition coefficient (Wildman–Crippen LogP) is 2.61. The third-order valence-electron chi connectivity index (χ3n) is 7.54. The molecule has 3 heterocycles. The zero-order valence-corrected chi connectivity index (χ0v) is 22.5. The molecule has 10 heteroatoms. The lowest BCUT2D eigenvalue weighted by Crippen LogP contribution is -2.61. The molecule has 0 aromatic carbocycles. The second-order valence-electron chi connectivity index (χ2n) is 10.5. The Morgan fingerprint density at radius 3 is 2.55 bits per heavy atom. The first-order valence-electron chi connectivity index (χ1n) is 14.0. The second kappa shape index (κ2) is 14.2. The Morgan fingerprint density at radius 2 is 1.84 bits per heavy atom. The molecule has 10 nitrogen and oxygen atoms in total. The van der Waals surface area contributed by atoms with E-state index in [9.17, 15) is 29.4 Å². The van der Waals surface area contributed by atoms with Crippen LogP contribution >= 0.6 is 0 Å². The van der Waals surface area contributed by atoms with E-state index >= 15 is 0 Å². The number of aliphatic carboxylic acids is 1. The highest BCUT2D eigenvalue weighted by Crippen LogP contribution is 2.27. The summed E-state index contributed by atoms with van der Waals surface area (Å²) in [5.41, 5.74) is 0.611. The van der Waals surface area contributed by atoms with Gasteiger partial charge in [-0.15, -0.1) is 0 Å². The number of carbonyl (C=O) groups excluding carboxylic acids is 3. The first-order valence-corrected chi connectivity index (χ1v) is 14.0. The first-order chi connectivity index (χ1) is 18.2. The smallest absolute Gasteiger partial charge is 0.329 e. The molecule has 2 amide bonds. The minimum absolute atomic E-state index is 0.0198. The normalized spacial score (nSPS) is 17.2. The topological polar surface area (TPSA) is 149 Å². The van der Waals surface area contributed by atoms with Gasteiger partial charge in [0.15, 0.2) is 6.04 Å². The molecule has 0 radical (unpaired) electrons. The van der Waals surface area contributed by atoms with Gasteiger partial charge in [0.05, 0.1) is 5.60 Å². The van der Waals surface area contributed by atoms with E-state index in [1.165, 1.54) is 5.56 Å². The Bertz CT molecular complexity index is 990. The molecule has 1 saturated heterocycles. The number of aryl methyl sites for hydroxylation is 2. The average Bonchev–Trinajstić information content (AvgIpc) is 2.91. The average molecular weight is 531 g/mol. The number of rotatable bonds is 14. The van der Waals surface area contributed by atoms with Crippen LogP contribution in [0.25, 0.3) is 0 Å². The van der Waals surface area contributed by atoms with Crippen molar-refractivity contribution in [3.8, 4) is 0 Å². The lowest BCUT2D eigenvalue weighted by atomic mass is 9.83. The van der Waals surface area contributed by atoms with Gasteiger partial charge in [-0.2, -0.15) is 0 Å². The summed E-state index contributed by atoms with van der Waals surface area (Å²) < 4.78 is 0. The van der Waals surface area contributed by atoms with Crippen molar-refractivity contribution in [2.24, 2.45) is 0 Å². The van der Waals surface area contributed by atoms with Crippen LogP contribution in [-0.4, -0.2) is 74.9 Å². The Labute approximate surface area is 224 Å². The number of Topliss-reactive ketones (excluding diaryl/α,β-unsaturated/α-hetero) is 1. The third-order valence-corrected chi connectivity index (χ3v) is 7.54. The molecule has 0 saturated carbocycles. The quantitative estimate of drug-likeness (QED) is 0.268. The summed E-state index contributed by atoms with van der Waals surface area (Å²) in [4.78, 5) is 55.1. The summed E-state index contributed by atoms with van der Waals surface area (Å²) >= 11 is 0. The molecular weight excluding hydrogens is 488 g/mol. The molecule has 1 unspecified atom stereocenters. The molecule has 2 aliphatic heterocycles. The summed E-state index contributed by atoms with van der Waals surface area (Å²) in [7, 11) is 0. The number of aromatic nitrogens is 1. The van der Waals surface area contributed by atoms with Crippen LogP contribution in [0.4, 0.5) is 5.82 Å². The van der Waals surface area contributed by atoms with E-state index in [-0.39, 0.29) is 50.5 Å². The van der Waals surface area contributed by atoms with Gasteiger partial charge in [-0.05, 0) is 63.0 Å². The Hall–Kier alpha value is -3.01. The predicted molar refractivity (Wildman–Crippen MR) is 143 cm³/mol. The van der Waals surface area contributed by atoms with Crippen LogP contribution in [0, 0.1) is 0 Å². The lowest BCUT2D eigenvalue weighted by molar-refractivity contribution is -0.155. The Kier molecular flexibility index (Phi) is 11.1. The number of ketones is 1. The number of hydrogen-bond donors (Lipinski definition) is 4. The molecule has 1 aromatic heterocycles. The van der Waals surface area contributed by atoms with Gasteiger partial charge in [-0.1, -0.05) is 19.4 Å². The fraction of sp³-hybridized carbons (Fsp3) is 0.679. The molecule has 210 valence electrons. The molecule has 0 aliphatic carbocycles. The van der Waals surface area contributed by atoms with Gasteiger partial charge >= 0.3 is 5.97 Å². The number of carboxylic acid groups (broad SMARTS) is 1. The number of anilines is 1. The number of amides is 2. The van der Waals surface area contributed by atoms with Crippen LogP contribution in [0.2, 0.25) is 0 Å². The number of piperidine rings is 1. The number of likely N-dealkylation sites (tertiary alicyclic amines) is 1. The summed E-state index contributed by atoms with van der Waals surface area (Å²) in [6.45, 7) is 3.37. The standard InChI is InChI=1S/C28H42N4O6/c1-2-3-9-22(33)13-14-23(34)31-25(27(36)37)28(38)15-18-32(19-16-28)24(35)10-5-4-8-21-12-11-20-7-6-17-29-26(20)30-21/h11-12,25,38H,2-10,13-19H2,1H3,(H,29,30)(H,31,34)(H,36,37). The van der Waals surface area contributed by atoms with E-state index < -0.39 is 23.5 Å². The maximum atomic E-state index is 12.7.